The number of oxime groups is 1. The summed E-state index contributed by atoms with van der Waals surface area (Å²) in [7, 11) is 0. The molecule has 0 saturated carbocycles. The normalized spacial score (nSPS) is 17.8. The van der Waals surface area contributed by atoms with Crippen molar-refractivity contribution in [3.8, 4) is 0 Å². The lowest BCUT2D eigenvalue weighted by Gasteiger charge is -2.50. The zero-order valence-corrected chi connectivity index (χ0v) is 29.2. The van der Waals surface area contributed by atoms with Crippen LogP contribution in [0.1, 0.15) is 37.1 Å². The number of carboxylic acids is 2. The SMILES string of the molecule is CC(C)(O/N=C(\C(=O)C[C@@H]1C(=O)N2C(C(=O)[O-])=C(Cn3ccc4n3cc[n+]4Cc3ccc(C(=N)N)cc3F)CS[C@H]12)c1nc(N)sc1Cl)C(=O)O. The molecule has 5 heterocycles. The average molecular weight is 758 g/mol. The number of nitrogens with one attached hydrogen (secondary N) is 1. The zero-order valence-electron chi connectivity index (χ0n) is 26.8. The number of hydrogen-bond donors (Lipinski definition) is 4. The molecule has 0 bridgehead atoms. The lowest BCUT2D eigenvalue weighted by atomic mass is 9.89. The number of nitrogens with two attached hydrogens (primary N) is 2. The van der Waals surface area contributed by atoms with Crippen LogP contribution in [-0.4, -0.2) is 76.1 Å². The number of nitrogen functional groups attached to an aromatic ring is 2. The minimum atomic E-state index is -1.82. The van der Waals surface area contributed by atoms with Crippen molar-refractivity contribution in [2.75, 3.05) is 11.5 Å². The lowest BCUT2D eigenvalue weighted by molar-refractivity contribution is -0.662. The topological polar surface area (TPSA) is 238 Å². The van der Waals surface area contributed by atoms with Gasteiger partial charge in [-0.3, -0.25) is 19.9 Å². The molecule has 0 spiro atoms. The number of halogens is 2. The molecule has 51 heavy (non-hydrogen) atoms. The van der Waals surface area contributed by atoms with Crippen molar-refractivity contribution in [3.05, 3.63) is 81.1 Å². The second-order valence-corrected chi connectivity index (χ2v) is 14.9. The second kappa shape index (κ2) is 13.5. The fraction of sp³-hybridized carbons (Fsp3) is 0.290. The van der Waals surface area contributed by atoms with Crippen LogP contribution < -0.4 is 21.1 Å². The lowest BCUT2D eigenvalue weighted by Crippen LogP contribution is -2.63. The van der Waals surface area contributed by atoms with Crippen LogP contribution in [0.25, 0.3) is 5.65 Å². The molecule has 20 heteroatoms. The summed E-state index contributed by atoms with van der Waals surface area (Å²) in [6.07, 6.45) is 4.77. The number of hydrogen-bond acceptors (Lipinski definition) is 12. The second-order valence-electron chi connectivity index (χ2n) is 12.2. The van der Waals surface area contributed by atoms with E-state index in [1.807, 2.05) is 0 Å². The Balaban J connectivity index is 1.21. The third kappa shape index (κ3) is 6.66. The van der Waals surface area contributed by atoms with Crippen LogP contribution >= 0.6 is 34.7 Å². The first kappa shape index (κ1) is 35.6. The maximum atomic E-state index is 14.7. The van der Waals surface area contributed by atoms with Crippen molar-refractivity contribution in [2.24, 2.45) is 16.8 Å². The van der Waals surface area contributed by atoms with Gasteiger partial charge in [-0.05, 0) is 25.5 Å². The number of ketones is 1. The first-order valence-electron chi connectivity index (χ1n) is 15.1. The number of carboxylic acid groups (broad SMARTS) is 2. The molecule has 2 aliphatic heterocycles. The summed E-state index contributed by atoms with van der Waals surface area (Å²) < 4.78 is 20.0. The molecular weight excluding hydrogens is 729 g/mol. The van der Waals surface area contributed by atoms with Crippen LogP contribution in [-0.2, 0) is 37.1 Å². The first-order chi connectivity index (χ1) is 24.1. The van der Waals surface area contributed by atoms with Gasteiger partial charge in [-0.2, -0.15) is 0 Å². The molecule has 0 aliphatic carbocycles. The van der Waals surface area contributed by atoms with E-state index in [2.05, 4.69) is 10.1 Å². The molecular formula is C31H29ClFN9O7S2. The summed E-state index contributed by atoms with van der Waals surface area (Å²) in [5, 5.41) is 32.5. The Morgan fingerprint density at radius 1 is 1.29 bits per heavy atom. The number of anilines is 1. The Kier molecular flexibility index (Phi) is 9.38. The predicted octanol–water partition coefficient (Wildman–Crippen LogP) is 0.970. The molecule has 2 atom stereocenters. The summed E-state index contributed by atoms with van der Waals surface area (Å²) in [5.74, 6) is -5.78. The number of aromatic nitrogens is 4. The van der Waals surface area contributed by atoms with Gasteiger partial charge in [0.2, 0.25) is 11.5 Å². The van der Waals surface area contributed by atoms with Crippen molar-refractivity contribution in [1.29, 1.82) is 5.41 Å². The molecule has 0 radical (unpaired) electrons. The number of thiazole rings is 1. The number of Topliss-reactive ketones (excluding diaryl/α,β-unsaturated/α-hetero) is 1. The number of amides is 1. The summed E-state index contributed by atoms with van der Waals surface area (Å²) in [5.41, 5.74) is 10.3. The highest BCUT2D eigenvalue weighted by Crippen LogP contribution is 2.45. The van der Waals surface area contributed by atoms with Crippen LogP contribution in [0.2, 0.25) is 4.34 Å². The van der Waals surface area contributed by atoms with Crippen molar-refractivity contribution in [2.45, 2.75) is 44.3 Å². The molecule has 16 nitrogen and oxygen atoms in total. The Morgan fingerprint density at radius 2 is 2.04 bits per heavy atom. The summed E-state index contributed by atoms with van der Waals surface area (Å²) >= 11 is 8.36. The monoisotopic (exact) mass is 757 g/mol. The number of thioether (sulfide) groups is 1. The van der Waals surface area contributed by atoms with Crippen molar-refractivity contribution in [1.82, 2.24) is 19.1 Å². The molecule has 2 aliphatic rings. The fourth-order valence-electron chi connectivity index (χ4n) is 5.64. The van der Waals surface area contributed by atoms with Crippen LogP contribution in [0.3, 0.4) is 0 Å². The average Bonchev–Trinajstić information content (AvgIpc) is 3.75. The van der Waals surface area contributed by atoms with Gasteiger partial charge in [-0.15, -0.1) is 16.3 Å². The molecule has 0 unspecified atom stereocenters. The Labute approximate surface area is 301 Å². The van der Waals surface area contributed by atoms with Crippen molar-refractivity contribution < 1.29 is 43.2 Å². The van der Waals surface area contributed by atoms with Crippen LogP contribution in [0.5, 0.6) is 0 Å². The molecule has 1 saturated heterocycles. The molecule has 3 aromatic heterocycles. The van der Waals surface area contributed by atoms with Crippen LogP contribution in [0.15, 0.2) is 59.3 Å². The summed E-state index contributed by atoms with van der Waals surface area (Å²) in [4.78, 5) is 61.3. The van der Waals surface area contributed by atoms with Crippen molar-refractivity contribution in [3.63, 3.8) is 0 Å². The van der Waals surface area contributed by atoms with Gasteiger partial charge in [0.15, 0.2) is 22.8 Å². The summed E-state index contributed by atoms with van der Waals surface area (Å²) in [6.45, 7) is 2.70. The van der Waals surface area contributed by atoms with E-state index < -0.39 is 58.5 Å². The maximum absolute atomic E-state index is 14.7. The highest BCUT2D eigenvalue weighted by Gasteiger charge is 2.53. The highest BCUT2D eigenvalue weighted by molar-refractivity contribution is 8.00. The van der Waals surface area contributed by atoms with E-state index in [1.54, 1.807) is 50.6 Å². The maximum Gasteiger partial charge on any atom is 0.350 e. The van der Waals surface area contributed by atoms with E-state index in [4.69, 9.17) is 33.3 Å². The number of aliphatic carboxylic acids is 2. The third-order valence-electron chi connectivity index (χ3n) is 8.37. The number of carbonyl (C=O) groups excluding carboxylic acids is 3. The fourth-order valence-corrected chi connectivity index (χ4v) is 7.97. The van der Waals surface area contributed by atoms with Crippen LogP contribution in [0, 0.1) is 17.1 Å². The number of amidine groups is 1. The standard InChI is InChI=1S/C31H29ClFN9O7S2/c1-31(2,29(47)48)49-38-21(22-24(32)51-30(36)37-22)19(43)10-17-26(44)42-23(28(45)46)16(13-50-27(17)42)12-40-6-5-20-39(7-8-41(20)40)11-15-4-3-14(25(34)35)9-18(15)33/h3-9,17,27H,10-13H2,1-2H3,(H6-,34,35,36,37,45,46,47,48)/b38-21+/t17-,27-/m1/s1. The van der Waals surface area contributed by atoms with Gasteiger partial charge in [0.05, 0.1) is 41.8 Å². The molecule has 6 N–H and O–H groups in total. The van der Waals surface area contributed by atoms with Gasteiger partial charge in [0, 0.05) is 23.3 Å². The minimum Gasteiger partial charge on any atom is -0.543 e. The van der Waals surface area contributed by atoms with E-state index in [-0.39, 0.29) is 51.1 Å². The van der Waals surface area contributed by atoms with E-state index in [9.17, 15) is 33.8 Å². The Bertz CT molecular complexity index is 2210. The molecule has 4 aromatic rings. The highest BCUT2D eigenvalue weighted by atomic mass is 35.5. The largest absolute Gasteiger partial charge is 0.543 e. The molecule has 1 amide bonds. The van der Waals surface area contributed by atoms with E-state index in [0.29, 0.717) is 16.8 Å². The van der Waals surface area contributed by atoms with Crippen LogP contribution in [0.4, 0.5) is 9.52 Å². The number of β-lactam (4-membered cyclic amide) rings is 1. The number of rotatable bonds is 13. The van der Waals surface area contributed by atoms with Gasteiger partial charge >= 0.3 is 11.6 Å². The number of carbonyl (C=O) groups is 4. The molecule has 6 rings (SSSR count). The van der Waals surface area contributed by atoms with E-state index >= 15 is 0 Å². The van der Waals surface area contributed by atoms with E-state index in [1.165, 1.54) is 31.7 Å². The molecule has 1 fully saturated rings. The smallest absolute Gasteiger partial charge is 0.350 e. The predicted molar refractivity (Wildman–Crippen MR) is 181 cm³/mol. The number of imidazole rings is 1. The first-order valence-corrected chi connectivity index (χ1v) is 17.3. The number of fused-ring (bicyclic) bond motifs is 2. The molecule has 1 aromatic carbocycles. The van der Waals surface area contributed by atoms with Crippen molar-refractivity contribution >= 4 is 80.7 Å². The number of benzene rings is 1. The van der Waals surface area contributed by atoms with Gasteiger partial charge in [0.1, 0.15) is 34.4 Å². The minimum absolute atomic E-state index is 0.000402. The number of nitrogens with zero attached hydrogens (tertiary/aromatic N) is 6. The van der Waals surface area contributed by atoms with Gasteiger partial charge in [-0.25, -0.2) is 23.4 Å². The summed E-state index contributed by atoms with van der Waals surface area (Å²) in [6, 6.07) is 6.10. The zero-order chi connectivity index (χ0) is 36.9. The third-order valence-corrected chi connectivity index (χ3v) is 10.9. The van der Waals surface area contributed by atoms with E-state index in [0.717, 1.165) is 16.2 Å². The Morgan fingerprint density at radius 3 is 2.67 bits per heavy atom. The Hall–Kier alpha value is -5.27. The quantitative estimate of drug-likeness (QED) is 0.0493. The van der Waals surface area contributed by atoms with Gasteiger partial charge in [-0.1, -0.05) is 40.2 Å². The van der Waals surface area contributed by atoms with Gasteiger partial charge < -0.3 is 31.3 Å². The van der Waals surface area contributed by atoms with Gasteiger partial charge in [0.25, 0.3) is 0 Å². The molecule has 266 valence electrons.